The molecule has 0 saturated heterocycles. The average molecular weight is 249 g/mol. The first-order chi connectivity index (χ1) is 8.66. The van der Waals surface area contributed by atoms with Crippen molar-refractivity contribution in [3.8, 4) is 5.75 Å². The first kappa shape index (κ1) is 12.7. The van der Waals surface area contributed by atoms with Crippen molar-refractivity contribution < 1.29 is 9.53 Å². The van der Waals surface area contributed by atoms with E-state index >= 15 is 0 Å². The Kier molecular flexibility index (Phi) is 4.04. The van der Waals surface area contributed by atoms with Crippen LogP contribution in [0, 0.1) is 0 Å². The second-order valence-electron chi connectivity index (χ2n) is 4.43. The first-order valence-electron chi connectivity index (χ1n) is 6.19. The molecule has 0 fully saturated rings. The lowest BCUT2D eigenvalue weighted by molar-refractivity contribution is 0.249. The summed E-state index contributed by atoms with van der Waals surface area (Å²) >= 11 is 0. The Labute approximate surface area is 107 Å². The zero-order chi connectivity index (χ0) is 13.0. The molecule has 1 aromatic rings. The van der Waals surface area contributed by atoms with E-state index in [4.69, 9.17) is 10.5 Å². The van der Waals surface area contributed by atoms with E-state index in [-0.39, 0.29) is 6.04 Å². The molecule has 18 heavy (non-hydrogen) atoms. The number of urea groups is 1. The van der Waals surface area contributed by atoms with E-state index in [1.54, 1.807) is 0 Å². The number of amides is 2. The molecule has 5 nitrogen and oxygen atoms in total. The van der Waals surface area contributed by atoms with Crippen LogP contribution >= 0.6 is 0 Å². The Hall–Kier alpha value is -1.75. The van der Waals surface area contributed by atoms with E-state index in [1.165, 1.54) is 11.1 Å². The van der Waals surface area contributed by atoms with E-state index < -0.39 is 6.03 Å². The third kappa shape index (κ3) is 3.13. The van der Waals surface area contributed by atoms with E-state index in [2.05, 4.69) is 29.7 Å². The van der Waals surface area contributed by atoms with Crippen molar-refractivity contribution in [2.24, 2.45) is 5.73 Å². The lowest BCUT2D eigenvalue weighted by Crippen LogP contribution is -2.36. The van der Waals surface area contributed by atoms with Crippen LogP contribution in [0.2, 0.25) is 0 Å². The highest BCUT2D eigenvalue weighted by molar-refractivity contribution is 5.71. The number of primary amides is 1. The maximum absolute atomic E-state index is 10.5. The fourth-order valence-corrected chi connectivity index (χ4v) is 2.07. The molecular weight excluding hydrogens is 230 g/mol. The van der Waals surface area contributed by atoms with Gasteiger partial charge < -0.3 is 21.1 Å². The number of carbonyl (C=O) groups excluding carboxylic acids is 1. The number of benzene rings is 1. The Bertz CT molecular complexity index is 434. The van der Waals surface area contributed by atoms with Gasteiger partial charge in [-0.1, -0.05) is 12.1 Å². The van der Waals surface area contributed by atoms with Gasteiger partial charge in [-0.3, -0.25) is 0 Å². The van der Waals surface area contributed by atoms with Crippen LogP contribution in [0.25, 0.3) is 0 Å². The lowest BCUT2D eigenvalue weighted by Gasteiger charge is -2.15. The summed E-state index contributed by atoms with van der Waals surface area (Å²) in [6.45, 7) is 4.11. The van der Waals surface area contributed by atoms with Gasteiger partial charge in [0.1, 0.15) is 5.75 Å². The van der Waals surface area contributed by atoms with Gasteiger partial charge in [0.2, 0.25) is 0 Å². The number of ether oxygens (including phenoxy) is 1. The van der Waals surface area contributed by atoms with Crippen molar-refractivity contribution >= 4 is 6.03 Å². The van der Waals surface area contributed by atoms with Crippen LogP contribution in [0.3, 0.4) is 0 Å². The Balaban J connectivity index is 1.85. The Morgan fingerprint density at radius 2 is 2.33 bits per heavy atom. The van der Waals surface area contributed by atoms with Gasteiger partial charge in [0, 0.05) is 25.6 Å². The van der Waals surface area contributed by atoms with Gasteiger partial charge in [-0.05, 0) is 24.1 Å². The largest absolute Gasteiger partial charge is 0.493 e. The quantitative estimate of drug-likeness (QED) is 0.680. The second-order valence-corrected chi connectivity index (χ2v) is 4.43. The summed E-state index contributed by atoms with van der Waals surface area (Å²) in [7, 11) is 0. The van der Waals surface area contributed by atoms with Gasteiger partial charge in [-0.2, -0.15) is 0 Å². The third-order valence-corrected chi connectivity index (χ3v) is 3.09. The summed E-state index contributed by atoms with van der Waals surface area (Å²) in [6.07, 6.45) is 0.985. The van der Waals surface area contributed by atoms with Crippen molar-refractivity contribution in [2.75, 3.05) is 19.7 Å². The van der Waals surface area contributed by atoms with Crippen molar-refractivity contribution in [1.82, 2.24) is 10.6 Å². The second kappa shape index (κ2) is 5.73. The maximum Gasteiger partial charge on any atom is 0.312 e. The van der Waals surface area contributed by atoms with E-state index in [0.717, 1.165) is 18.8 Å². The standard InChI is InChI=1S/C13H19N3O2/c1-9(15-5-6-16-13(14)17)10-2-3-12-11(8-10)4-7-18-12/h2-3,8-9,15H,4-7H2,1H3,(H3,14,16,17). The monoisotopic (exact) mass is 249 g/mol. The van der Waals surface area contributed by atoms with Crippen molar-refractivity contribution in [3.63, 3.8) is 0 Å². The highest BCUT2D eigenvalue weighted by atomic mass is 16.5. The summed E-state index contributed by atoms with van der Waals surface area (Å²) in [5, 5.41) is 5.88. The summed E-state index contributed by atoms with van der Waals surface area (Å²) in [5.74, 6) is 1.00. The number of rotatable bonds is 5. The Morgan fingerprint density at radius 1 is 1.50 bits per heavy atom. The van der Waals surface area contributed by atoms with Crippen LogP contribution in [0.4, 0.5) is 4.79 Å². The summed E-state index contributed by atoms with van der Waals surface area (Å²) in [4.78, 5) is 10.5. The summed E-state index contributed by atoms with van der Waals surface area (Å²) in [5.41, 5.74) is 7.50. The van der Waals surface area contributed by atoms with Gasteiger partial charge in [0.05, 0.1) is 6.61 Å². The minimum atomic E-state index is -0.487. The highest BCUT2D eigenvalue weighted by Crippen LogP contribution is 2.27. The molecular formula is C13H19N3O2. The zero-order valence-electron chi connectivity index (χ0n) is 10.5. The van der Waals surface area contributed by atoms with Crippen molar-refractivity contribution in [3.05, 3.63) is 29.3 Å². The molecule has 4 N–H and O–H groups in total. The third-order valence-electron chi connectivity index (χ3n) is 3.09. The summed E-state index contributed by atoms with van der Waals surface area (Å²) in [6, 6.07) is 6.03. The van der Waals surface area contributed by atoms with Crippen LogP contribution in [0.5, 0.6) is 5.75 Å². The summed E-state index contributed by atoms with van der Waals surface area (Å²) < 4.78 is 5.48. The topological polar surface area (TPSA) is 76.4 Å². The molecule has 0 spiro atoms. The highest BCUT2D eigenvalue weighted by Gasteiger charge is 2.14. The molecule has 1 aliphatic heterocycles. The molecule has 5 heteroatoms. The minimum Gasteiger partial charge on any atom is -0.493 e. The van der Waals surface area contributed by atoms with Crippen LogP contribution in [-0.2, 0) is 6.42 Å². The molecule has 0 bridgehead atoms. The van der Waals surface area contributed by atoms with Crippen LogP contribution in [0.1, 0.15) is 24.1 Å². The van der Waals surface area contributed by atoms with E-state index in [9.17, 15) is 4.79 Å². The fourth-order valence-electron chi connectivity index (χ4n) is 2.07. The molecule has 1 unspecified atom stereocenters. The molecule has 1 atom stereocenters. The predicted molar refractivity (Wildman–Crippen MR) is 69.6 cm³/mol. The van der Waals surface area contributed by atoms with Gasteiger partial charge >= 0.3 is 6.03 Å². The maximum atomic E-state index is 10.5. The van der Waals surface area contributed by atoms with Gasteiger partial charge in [0.25, 0.3) is 0 Å². The van der Waals surface area contributed by atoms with Gasteiger partial charge in [0.15, 0.2) is 0 Å². The molecule has 1 heterocycles. The van der Waals surface area contributed by atoms with E-state index in [0.29, 0.717) is 13.1 Å². The van der Waals surface area contributed by atoms with Crippen LogP contribution < -0.4 is 21.1 Å². The normalized spacial score (nSPS) is 14.7. The molecule has 1 aromatic carbocycles. The molecule has 0 saturated carbocycles. The molecule has 0 radical (unpaired) electrons. The smallest absolute Gasteiger partial charge is 0.312 e. The van der Waals surface area contributed by atoms with Crippen LogP contribution in [-0.4, -0.2) is 25.7 Å². The number of hydrogen-bond donors (Lipinski definition) is 3. The predicted octanol–water partition coefficient (Wildman–Crippen LogP) is 0.940. The van der Waals surface area contributed by atoms with Gasteiger partial charge in [-0.25, -0.2) is 4.79 Å². The molecule has 98 valence electrons. The molecule has 2 amide bonds. The lowest BCUT2D eigenvalue weighted by atomic mass is 10.0. The number of fused-ring (bicyclic) bond motifs is 1. The molecule has 0 aromatic heterocycles. The Morgan fingerprint density at radius 3 is 3.11 bits per heavy atom. The van der Waals surface area contributed by atoms with Crippen molar-refractivity contribution in [1.29, 1.82) is 0 Å². The fraction of sp³-hybridized carbons (Fsp3) is 0.462. The number of carbonyl (C=O) groups is 1. The average Bonchev–Trinajstić information content (AvgIpc) is 2.81. The molecule has 0 aliphatic carbocycles. The van der Waals surface area contributed by atoms with Crippen LogP contribution in [0.15, 0.2) is 18.2 Å². The SMILES string of the molecule is CC(NCCNC(N)=O)c1ccc2c(c1)CCO2. The van der Waals surface area contributed by atoms with Gasteiger partial charge in [-0.15, -0.1) is 0 Å². The number of nitrogens with two attached hydrogens (primary N) is 1. The zero-order valence-corrected chi connectivity index (χ0v) is 10.5. The molecule has 1 aliphatic rings. The minimum absolute atomic E-state index is 0.241. The molecule has 2 rings (SSSR count). The number of hydrogen-bond acceptors (Lipinski definition) is 3. The number of nitrogens with one attached hydrogen (secondary N) is 2. The van der Waals surface area contributed by atoms with E-state index in [1.807, 2.05) is 6.07 Å². The first-order valence-corrected chi connectivity index (χ1v) is 6.19. The van der Waals surface area contributed by atoms with Crippen molar-refractivity contribution in [2.45, 2.75) is 19.4 Å².